The fourth-order valence-corrected chi connectivity index (χ4v) is 5.04. The molecule has 6 N–H and O–H groups in total. The van der Waals surface area contributed by atoms with Crippen LogP contribution in [0.5, 0.6) is 0 Å². The number of carboxylic acids is 2. The second-order valence-corrected chi connectivity index (χ2v) is 12.7. The van der Waals surface area contributed by atoms with Gasteiger partial charge in [0.1, 0.15) is 0 Å². The van der Waals surface area contributed by atoms with Gasteiger partial charge in [-0.15, -0.1) is 0 Å². The van der Waals surface area contributed by atoms with Gasteiger partial charge < -0.3 is 41.9 Å². The van der Waals surface area contributed by atoms with Gasteiger partial charge in [-0.2, -0.15) is 0 Å². The fourth-order valence-electron chi connectivity index (χ4n) is 5.04. The van der Waals surface area contributed by atoms with E-state index in [-0.39, 0.29) is 28.9 Å². The van der Waals surface area contributed by atoms with Crippen LogP contribution in [-0.2, 0) is 36.2 Å². The molecular weight excluding hydrogens is 648 g/mol. The summed E-state index contributed by atoms with van der Waals surface area (Å²) in [6.07, 6.45) is 27.3. The van der Waals surface area contributed by atoms with E-state index in [0.717, 1.165) is 38.5 Å². The van der Waals surface area contributed by atoms with Crippen LogP contribution >= 0.6 is 0 Å². The van der Waals surface area contributed by atoms with E-state index in [2.05, 4.69) is 24.5 Å². The second kappa shape index (κ2) is 38.8. The van der Waals surface area contributed by atoms with E-state index in [1.165, 1.54) is 89.9 Å². The summed E-state index contributed by atoms with van der Waals surface area (Å²) in [5.74, 6) is -2.23. The minimum atomic E-state index is -1.21. The second-order valence-electron chi connectivity index (χ2n) is 12.7. The maximum atomic E-state index is 11.6. The van der Waals surface area contributed by atoms with Crippen LogP contribution in [0.25, 0.3) is 0 Å². The van der Waals surface area contributed by atoms with Gasteiger partial charge >= 0.3 is 17.1 Å². The largest absolute Gasteiger partial charge is 2.00 e. The number of nitrogens with two attached hydrogens (primary N) is 2. The third-order valence-electron chi connectivity index (χ3n) is 8.15. The van der Waals surface area contributed by atoms with Crippen molar-refractivity contribution < 1.29 is 46.5 Å². The predicted molar refractivity (Wildman–Crippen MR) is 183 cm³/mol. The van der Waals surface area contributed by atoms with Crippen LogP contribution in [0.15, 0.2) is 0 Å². The van der Waals surface area contributed by atoms with Crippen LogP contribution in [0.1, 0.15) is 181 Å². The molecule has 0 unspecified atom stereocenters. The van der Waals surface area contributed by atoms with Crippen LogP contribution < -0.4 is 32.3 Å². The predicted octanol–water partition coefficient (Wildman–Crippen LogP) is 4.54. The quantitative estimate of drug-likeness (QED) is 0.0576. The Balaban J connectivity index is -0.000000807. The number of carbonyl (C=O) groups is 4. The van der Waals surface area contributed by atoms with Crippen LogP contribution in [-0.4, -0.2) is 48.9 Å². The van der Waals surface area contributed by atoms with Crippen molar-refractivity contribution in [3.05, 3.63) is 0 Å². The molecule has 0 rings (SSSR count). The van der Waals surface area contributed by atoms with E-state index in [1.54, 1.807) is 0 Å². The Morgan fingerprint density at radius 2 is 0.745 bits per heavy atom. The first-order valence-corrected chi connectivity index (χ1v) is 18.6. The monoisotopic (exact) mass is 717 g/mol. The Bertz CT molecular complexity index is 684. The Morgan fingerprint density at radius 1 is 0.468 bits per heavy atom. The summed E-state index contributed by atoms with van der Waals surface area (Å²) in [4.78, 5) is 44.1. The Hall–Kier alpha value is -1.68. The number of rotatable bonds is 32. The van der Waals surface area contributed by atoms with Crippen LogP contribution in [0, 0.1) is 0 Å². The molecule has 10 nitrogen and oxygen atoms in total. The van der Waals surface area contributed by atoms with E-state index in [0.29, 0.717) is 51.6 Å². The first-order valence-electron chi connectivity index (χ1n) is 18.6. The smallest absolute Gasteiger partial charge is 0.548 e. The molecule has 1 radical (unpaired) electrons. The third-order valence-corrected chi connectivity index (χ3v) is 8.15. The van der Waals surface area contributed by atoms with Crippen molar-refractivity contribution in [3.63, 3.8) is 0 Å². The number of amides is 2. The number of carbonyl (C=O) groups excluding carboxylic acids is 4. The van der Waals surface area contributed by atoms with Crippen LogP contribution in [0.3, 0.4) is 0 Å². The molecule has 47 heavy (non-hydrogen) atoms. The summed E-state index contributed by atoms with van der Waals surface area (Å²) in [5.41, 5.74) is 10.7. The van der Waals surface area contributed by atoms with Crippen molar-refractivity contribution in [2.45, 2.75) is 193 Å². The zero-order valence-corrected chi connectivity index (χ0v) is 30.8. The zero-order valence-electron chi connectivity index (χ0n) is 29.9. The van der Waals surface area contributed by atoms with E-state index < -0.39 is 24.0 Å². The van der Waals surface area contributed by atoms with Gasteiger partial charge in [0.15, 0.2) is 0 Å². The number of hydrogen-bond donors (Lipinski definition) is 4. The molecule has 0 spiro atoms. The molecule has 0 saturated heterocycles. The summed E-state index contributed by atoms with van der Waals surface area (Å²) >= 11 is 0. The zero-order chi connectivity index (χ0) is 34.7. The molecule has 11 heteroatoms. The Labute approximate surface area is 297 Å². The summed E-state index contributed by atoms with van der Waals surface area (Å²) in [6, 6.07) is -1.79. The van der Waals surface area contributed by atoms with Crippen molar-refractivity contribution >= 4 is 23.8 Å². The Morgan fingerprint density at radius 3 is 1.02 bits per heavy atom. The van der Waals surface area contributed by atoms with Gasteiger partial charge in [-0.05, 0) is 51.4 Å². The molecule has 0 saturated carbocycles. The Kier molecular flexibility index (Phi) is 41.0. The molecule has 0 bridgehead atoms. The molecule has 0 aromatic carbocycles. The van der Waals surface area contributed by atoms with Gasteiger partial charge in [0, 0.05) is 38.0 Å². The number of nitrogens with one attached hydrogen (secondary N) is 2. The SMILES string of the molecule is CCCCCCCCCCCC(=O)NCCCC[C@H](N)C(=O)[O-].CCCCCCCCCCCC(=O)NCCCC[C@H](N)C(=O)[O-].[Cu+2]. The van der Waals surface area contributed by atoms with Gasteiger partial charge in [0.25, 0.3) is 0 Å². The van der Waals surface area contributed by atoms with Crippen molar-refractivity contribution in [2.75, 3.05) is 13.1 Å². The summed E-state index contributed by atoms with van der Waals surface area (Å²) in [7, 11) is 0. The number of aliphatic carboxylic acids is 2. The normalized spacial score (nSPS) is 11.8. The maximum absolute atomic E-state index is 11.6. The van der Waals surface area contributed by atoms with Crippen molar-refractivity contribution in [3.8, 4) is 0 Å². The average molecular weight is 719 g/mol. The molecule has 0 aliphatic carbocycles. The van der Waals surface area contributed by atoms with Gasteiger partial charge in [0.05, 0.1) is 11.9 Å². The van der Waals surface area contributed by atoms with E-state index in [1.807, 2.05) is 0 Å². The molecule has 0 fully saturated rings. The average Bonchev–Trinajstić information content (AvgIpc) is 3.02. The van der Waals surface area contributed by atoms with Gasteiger partial charge in [-0.1, -0.05) is 117 Å². The molecule has 0 aromatic rings. The van der Waals surface area contributed by atoms with Crippen molar-refractivity contribution in [2.24, 2.45) is 11.5 Å². The molecule has 0 aliphatic rings. The van der Waals surface area contributed by atoms with Crippen molar-refractivity contribution in [1.29, 1.82) is 0 Å². The fraction of sp³-hybridized carbons (Fsp3) is 0.889. The first-order chi connectivity index (χ1) is 22.1. The van der Waals surface area contributed by atoms with E-state index >= 15 is 0 Å². The minimum Gasteiger partial charge on any atom is -0.548 e. The third kappa shape index (κ3) is 40.4. The molecular formula is C36H70CuN4O6. The molecule has 0 aromatic heterocycles. The molecule has 2 atom stereocenters. The molecule has 281 valence electrons. The van der Waals surface area contributed by atoms with Gasteiger partial charge in [-0.3, -0.25) is 9.59 Å². The topological polar surface area (TPSA) is 190 Å². The van der Waals surface area contributed by atoms with E-state index in [4.69, 9.17) is 11.5 Å². The number of hydrogen-bond acceptors (Lipinski definition) is 8. The molecule has 0 aliphatic heterocycles. The van der Waals surface area contributed by atoms with Crippen LogP contribution in [0.2, 0.25) is 0 Å². The van der Waals surface area contributed by atoms with Crippen molar-refractivity contribution in [1.82, 2.24) is 10.6 Å². The van der Waals surface area contributed by atoms with Gasteiger partial charge in [-0.25, -0.2) is 0 Å². The number of carboxylic acid groups (broad SMARTS) is 2. The summed E-state index contributed by atoms with van der Waals surface area (Å²) in [5, 5.41) is 26.6. The van der Waals surface area contributed by atoms with E-state index in [9.17, 15) is 29.4 Å². The minimum absolute atomic E-state index is 0. The standard InChI is InChI=1S/2C18H36N2O3.Cu/c2*1-2-3-4-5-6-7-8-9-10-14-17(21)20-15-12-11-13-16(19)18(22)23;/h2*16H,2-15,19H2,1H3,(H,20,21)(H,22,23);/q;;+2/p-2/t2*16-;/m00./s1. The van der Waals surface area contributed by atoms with Crippen LogP contribution in [0.4, 0.5) is 0 Å². The molecule has 2 amide bonds. The first kappa shape index (κ1) is 49.7. The molecule has 0 heterocycles. The number of unbranched alkanes of at least 4 members (excludes halogenated alkanes) is 18. The maximum Gasteiger partial charge on any atom is 2.00 e. The summed E-state index contributed by atoms with van der Waals surface area (Å²) < 4.78 is 0. The van der Waals surface area contributed by atoms with Gasteiger partial charge in [0.2, 0.25) is 11.8 Å². The summed E-state index contributed by atoms with van der Waals surface area (Å²) in [6.45, 7) is 5.65.